The number of rotatable bonds is 14. The van der Waals surface area contributed by atoms with Crippen LogP contribution in [-0.2, 0) is 20.7 Å². The second-order valence-corrected chi connectivity index (χ2v) is 6.36. The first-order valence-corrected chi connectivity index (χ1v) is 9.52. The molecular weight excluding hydrogens is 316 g/mol. The molecular formula is C21H32O4. The quantitative estimate of drug-likeness (QED) is 0.253. The van der Waals surface area contributed by atoms with Crippen LogP contribution in [0.4, 0.5) is 0 Å². The van der Waals surface area contributed by atoms with E-state index < -0.39 is 0 Å². The minimum Gasteiger partial charge on any atom is -0.469 e. The van der Waals surface area contributed by atoms with Gasteiger partial charge in [-0.15, -0.1) is 0 Å². The van der Waals surface area contributed by atoms with Gasteiger partial charge < -0.3 is 9.15 Å². The monoisotopic (exact) mass is 348 g/mol. The Morgan fingerprint density at radius 3 is 2.28 bits per heavy atom. The Bertz CT molecular complexity index is 528. The molecule has 0 aliphatic heterocycles. The summed E-state index contributed by atoms with van der Waals surface area (Å²) in [6.45, 7) is 1.85. The zero-order chi connectivity index (χ0) is 18.3. The number of hydrogen-bond acceptors (Lipinski definition) is 4. The van der Waals surface area contributed by atoms with Crippen LogP contribution in [0.25, 0.3) is 6.08 Å². The summed E-state index contributed by atoms with van der Waals surface area (Å²) >= 11 is 0. The van der Waals surface area contributed by atoms with Crippen LogP contribution in [-0.4, -0.2) is 18.9 Å². The number of unbranched alkanes of at least 4 members (excludes halogenated alkanes) is 7. The highest BCUT2D eigenvalue weighted by Crippen LogP contribution is 2.15. The molecule has 0 saturated heterocycles. The normalized spacial score (nSPS) is 11.1. The summed E-state index contributed by atoms with van der Waals surface area (Å²) in [4.78, 5) is 22.2. The van der Waals surface area contributed by atoms with E-state index in [4.69, 9.17) is 4.42 Å². The summed E-state index contributed by atoms with van der Waals surface area (Å²) in [7, 11) is 1.44. The van der Waals surface area contributed by atoms with Gasteiger partial charge in [-0.3, -0.25) is 9.59 Å². The first-order chi connectivity index (χ1) is 12.2. The van der Waals surface area contributed by atoms with Crippen molar-refractivity contribution in [1.29, 1.82) is 0 Å². The van der Waals surface area contributed by atoms with E-state index in [1.807, 2.05) is 19.1 Å². The SMILES string of the molecule is CCC(=O)C=Cc1ccc(CCCCCCCCCCC(=O)OC)o1. The van der Waals surface area contributed by atoms with Gasteiger partial charge in [-0.1, -0.05) is 45.4 Å². The second-order valence-electron chi connectivity index (χ2n) is 6.36. The summed E-state index contributed by atoms with van der Waals surface area (Å²) < 4.78 is 10.3. The highest BCUT2D eigenvalue weighted by atomic mass is 16.5. The Morgan fingerprint density at radius 2 is 1.64 bits per heavy atom. The largest absolute Gasteiger partial charge is 0.469 e. The molecule has 25 heavy (non-hydrogen) atoms. The Labute approximate surface area is 151 Å². The number of esters is 1. The smallest absolute Gasteiger partial charge is 0.305 e. The molecule has 140 valence electrons. The molecule has 0 atom stereocenters. The first-order valence-electron chi connectivity index (χ1n) is 9.52. The molecule has 0 radical (unpaired) electrons. The third-order valence-electron chi connectivity index (χ3n) is 4.25. The van der Waals surface area contributed by atoms with Crippen LogP contribution in [0.1, 0.15) is 82.7 Å². The molecule has 0 unspecified atom stereocenters. The van der Waals surface area contributed by atoms with Crippen LogP contribution in [0.5, 0.6) is 0 Å². The number of carbonyl (C=O) groups is 2. The van der Waals surface area contributed by atoms with Gasteiger partial charge in [0.15, 0.2) is 5.78 Å². The van der Waals surface area contributed by atoms with Gasteiger partial charge in [0.25, 0.3) is 0 Å². The molecule has 1 aromatic rings. The third kappa shape index (κ3) is 10.6. The Kier molecular flexibility index (Phi) is 11.4. The summed E-state index contributed by atoms with van der Waals surface area (Å²) in [5.41, 5.74) is 0. The lowest BCUT2D eigenvalue weighted by Gasteiger charge is -2.02. The van der Waals surface area contributed by atoms with Crippen LogP contribution in [0, 0.1) is 0 Å². The van der Waals surface area contributed by atoms with E-state index in [-0.39, 0.29) is 11.8 Å². The molecule has 0 fully saturated rings. The summed E-state index contributed by atoms with van der Waals surface area (Å²) in [6.07, 6.45) is 14.7. The van der Waals surface area contributed by atoms with E-state index in [0.717, 1.165) is 37.2 Å². The van der Waals surface area contributed by atoms with Gasteiger partial charge in [0.1, 0.15) is 11.5 Å². The lowest BCUT2D eigenvalue weighted by atomic mass is 10.1. The molecule has 0 aliphatic carbocycles. The number of aryl methyl sites for hydroxylation is 1. The topological polar surface area (TPSA) is 56.5 Å². The minimum absolute atomic E-state index is 0.103. The predicted octanol–water partition coefficient (Wildman–Crippen LogP) is 5.50. The standard InChI is InChI=1S/C21H32O4/c1-3-18(22)14-15-20-17-16-19(25-20)12-10-8-6-4-5-7-9-11-13-21(23)24-2/h14-17H,3-13H2,1-2H3. The molecule has 4 heteroatoms. The Hall–Kier alpha value is -1.84. The molecule has 0 saturated carbocycles. The van der Waals surface area contributed by atoms with Crippen molar-refractivity contribution in [3.8, 4) is 0 Å². The summed E-state index contributed by atoms with van der Waals surface area (Å²) in [5, 5.41) is 0. The van der Waals surface area contributed by atoms with E-state index >= 15 is 0 Å². The molecule has 0 bridgehead atoms. The van der Waals surface area contributed by atoms with Crippen molar-refractivity contribution < 1.29 is 18.7 Å². The highest BCUT2D eigenvalue weighted by Gasteiger charge is 2.01. The van der Waals surface area contributed by atoms with Crippen molar-refractivity contribution in [2.45, 2.75) is 77.6 Å². The summed E-state index contributed by atoms with van der Waals surface area (Å²) in [6, 6.07) is 3.92. The van der Waals surface area contributed by atoms with Crippen LogP contribution in [0.15, 0.2) is 22.6 Å². The van der Waals surface area contributed by atoms with Gasteiger partial charge in [0, 0.05) is 19.3 Å². The second kappa shape index (κ2) is 13.5. The fourth-order valence-corrected chi connectivity index (χ4v) is 2.64. The lowest BCUT2D eigenvalue weighted by Crippen LogP contribution is -1.99. The molecule has 4 nitrogen and oxygen atoms in total. The minimum atomic E-state index is -0.103. The van der Waals surface area contributed by atoms with E-state index in [1.165, 1.54) is 39.2 Å². The number of hydrogen-bond donors (Lipinski definition) is 0. The van der Waals surface area contributed by atoms with E-state index in [2.05, 4.69) is 4.74 Å². The fraction of sp³-hybridized carbons (Fsp3) is 0.619. The van der Waals surface area contributed by atoms with Crippen LogP contribution < -0.4 is 0 Å². The number of ether oxygens (including phenoxy) is 1. The van der Waals surface area contributed by atoms with Gasteiger partial charge in [0.05, 0.1) is 7.11 Å². The fourth-order valence-electron chi connectivity index (χ4n) is 2.64. The van der Waals surface area contributed by atoms with Crippen molar-refractivity contribution in [3.63, 3.8) is 0 Å². The van der Waals surface area contributed by atoms with Crippen molar-refractivity contribution in [3.05, 3.63) is 29.7 Å². The van der Waals surface area contributed by atoms with Crippen LogP contribution in [0.3, 0.4) is 0 Å². The molecule has 0 spiro atoms. The van der Waals surface area contributed by atoms with Gasteiger partial charge in [-0.25, -0.2) is 0 Å². The third-order valence-corrected chi connectivity index (χ3v) is 4.25. The molecule has 0 aliphatic rings. The van der Waals surface area contributed by atoms with Crippen LogP contribution in [0.2, 0.25) is 0 Å². The maximum atomic E-state index is 11.2. The zero-order valence-corrected chi connectivity index (χ0v) is 15.7. The molecule has 0 aromatic carbocycles. The van der Waals surface area contributed by atoms with E-state index in [1.54, 1.807) is 12.2 Å². The van der Waals surface area contributed by atoms with Gasteiger partial charge >= 0.3 is 5.97 Å². The van der Waals surface area contributed by atoms with E-state index in [9.17, 15) is 9.59 Å². The number of ketones is 1. The zero-order valence-electron chi connectivity index (χ0n) is 15.7. The Balaban J connectivity index is 2.00. The number of methoxy groups -OCH3 is 1. The van der Waals surface area contributed by atoms with Crippen molar-refractivity contribution in [1.82, 2.24) is 0 Å². The maximum Gasteiger partial charge on any atom is 0.305 e. The molecule has 1 rings (SSSR count). The number of carbonyl (C=O) groups excluding carboxylic acids is 2. The molecule has 1 heterocycles. The highest BCUT2D eigenvalue weighted by molar-refractivity contribution is 5.92. The number of furan rings is 1. The number of allylic oxidation sites excluding steroid dienone is 1. The van der Waals surface area contributed by atoms with Crippen molar-refractivity contribution in [2.75, 3.05) is 7.11 Å². The van der Waals surface area contributed by atoms with Gasteiger partial charge in [-0.2, -0.15) is 0 Å². The predicted molar refractivity (Wildman–Crippen MR) is 100 cm³/mol. The van der Waals surface area contributed by atoms with Gasteiger partial charge in [-0.05, 0) is 37.1 Å². The first kappa shape index (κ1) is 21.2. The van der Waals surface area contributed by atoms with Gasteiger partial charge in [0.2, 0.25) is 0 Å². The average Bonchev–Trinajstić information content (AvgIpc) is 3.08. The Morgan fingerprint density at radius 1 is 1.00 bits per heavy atom. The van der Waals surface area contributed by atoms with Crippen LogP contribution >= 0.6 is 0 Å². The average molecular weight is 348 g/mol. The van der Waals surface area contributed by atoms with Crippen molar-refractivity contribution in [2.24, 2.45) is 0 Å². The molecule has 0 amide bonds. The summed E-state index contributed by atoms with van der Waals surface area (Å²) in [5.74, 6) is 1.76. The maximum absolute atomic E-state index is 11.2. The van der Waals surface area contributed by atoms with Crippen molar-refractivity contribution >= 4 is 17.8 Å². The lowest BCUT2D eigenvalue weighted by molar-refractivity contribution is -0.140. The van der Waals surface area contributed by atoms with E-state index in [0.29, 0.717) is 12.8 Å². The molecule has 1 aromatic heterocycles. The molecule has 0 N–H and O–H groups in total.